The number of hydrogen-bond acceptors (Lipinski definition) is 5. The van der Waals surface area contributed by atoms with E-state index in [-0.39, 0.29) is 5.02 Å². The summed E-state index contributed by atoms with van der Waals surface area (Å²) >= 11 is 5.74. The molecule has 0 saturated carbocycles. The Morgan fingerprint density at radius 2 is 1.77 bits per heavy atom. The molecule has 0 aliphatic heterocycles. The Kier molecular flexibility index (Phi) is 4.11. The zero-order valence-corrected chi connectivity index (χ0v) is 12.0. The fraction of sp³-hybridized carbons (Fsp3) is 0. The van der Waals surface area contributed by atoms with Crippen molar-refractivity contribution in [1.29, 1.82) is 0 Å². The molecule has 5 nitrogen and oxygen atoms in total. The lowest BCUT2D eigenvalue weighted by atomic mass is 10.3. The highest BCUT2D eigenvalue weighted by Crippen LogP contribution is 2.22. The summed E-state index contributed by atoms with van der Waals surface area (Å²) in [5.41, 5.74) is 1.46. The van der Waals surface area contributed by atoms with Crippen molar-refractivity contribution in [2.24, 2.45) is 0 Å². The molecular weight excluding hydrogens is 305 g/mol. The summed E-state index contributed by atoms with van der Waals surface area (Å²) in [6.45, 7) is 0. The lowest BCUT2D eigenvalue weighted by molar-refractivity contribution is 0.628. The van der Waals surface area contributed by atoms with Crippen LogP contribution in [0.1, 0.15) is 0 Å². The molecule has 0 bridgehead atoms. The number of halogens is 2. The van der Waals surface area contributed by atoms with Crippen LogP contribution in [0.5, 0.6) is 0 Å². The third kappa shape index (κ3) is 3.48. The van der Waals surface area contributed by atoms with E-state index in [0.29, 0.717) is 17.5 Å². The molecule has 0 amide bonds. The topological polar surface area (TPSA) is 62.7 Å². The van der Waals surface area contributed by atoms with Gasteiger partial charge < -0.3 is 10.6 Å². The maximum atomic E-state index is 13.1. The van der Waals surface area contributed by atoms with Crippen molar-refractivity contribution in [2.45, 2.75) is 0 Å². The fourth-order valence-corrected chi connectivity index (χ4v) is 1.97. The van der Waals surface area contributed by atoms with Gasteiger partial charge in [0.2, 0.25) is 5.95 Å². The normalized spacial score (nSPS) is 10.3. The molecule has 0 fully saturated rings. The van der Waals surface area contributed by atoms with Crippen molar-refractivity contribution >= 4 is 34.7 Å². The smallest absolute Gasteiger partial charge is 0.249 e. The second kappa shape index (κ2) is 6.36. The average Bonchev–Trinajstić information content (AvgIpc) is 2.52. The number of hydrogen-bond donors (Lipinski definition) is 2. The Morgan fingerprint density at radius 3 is 2.55 bits per heavy atom. The van der Waals surface area contributed by atoms with E-state index in [1.54, 1.807) is 6.07 Å². The van der Waals surface area contributed by atoms with Gasteiger partial charge in [-0.3, -0.25) is 0 Å². The van der Waals surface area contributed by atoms with E-state index in [2.05, 4.69) is 25.8 Å². The number of para-hydroxylation sites is 1. The predicted molar refractivity (Wildman–Crippen MR) is 84.2 cm³/mol. The summed E-state index contributed by atoms with van der Waals surface area (Å²) in [6.07, 6.45) is 1.47. The fourth-order valence-electron chi connectivity index (χ4n) is 1.79. The van der Waals surface area contributed by atoms with Crippen LogP contribution in [0.25, 0.3) is 0 Å². The monoisotopic (exact) mass is 315 g/mol. The Bertz CT molecular complexity index is 782. The molecule has 0 aliphatic carbocycles. The van der Waals surface area contributed by atoms with Crippen LogP contribution in [-0.4, -0.2) is 15.2 Å². The minimum absolute atomic E-state index is 0.0367. The summed E-state index contributed by atoms with van der Waals surface area (Å²) in [5, 5.41) is 13.9. The van der Waals surface area contributed by atoms with Crippen molar-refractivity contribution in [3.63, 3.8) is 0 Å². The van der Waals surface area contributed by atoms with E-state index in [9.17, 15) is 4.39 Å². The van der Waals surface area contributed by atoms with Crippen molar-refractivity contribution < 1.29 is 4.39 Å². The highest BCUT2D eigenvalue weighted by atomic mass is 35.5. The van der Waals surface area contributed by atoms with Crippen LogP contribution in [0.3, 0.4) is 0 Å². The minimum Gasteiger partial charge on any atom is -0.339 e. The van der Waals surface area contributed by atoms with E-state index in [1.807, 2.05) is 30.3 Å². The van der Waals surface area contributed by atoms with E-state index < -0.39 is 5.82 Å². The van der Waals surface area contributed by atoms with Crippen LogP contribution in [-0.2, 0) is 0 Å². The first-order chi connectivity index (χ1) is 10.7. The van der Waals surface area contributed by atoms with Gasteiger partial charge in [0.05, 0.1) is 11.2 Å². The Labute approximate surface area is 131 Å². The molecule has 0 radical (unpaired) electrons. The van der Waals surface area contributed by atoms with Crippen LogP contribution >= 0.6 is 11.6 Å². The van der Waals surface area contributed by atoms with Gasteiger partial charge >= 0.3 is 0 Å². The van der Waals surface area contributed by atoms with E-state index in [1.165, 1.54) is 18.3 Å². The van der Waals surface area contributed by atoms with Crippen LogP contribution < -0.4 is 10.6 Å². The van der Waals surface area contributed by atoms with Gasteiger partial charge in [-0.05, 0) is 30.3 Å². The van der Waals surface area contributed by atoms with Gasteiger partial charge in [-0.2, -0.15) is 10.1 Å². The lowest BCUT2D eigenvalue weighted by Gasteiger charge is -2.08. The molecule has 0 aliphatic rings. The molecule has 0 atom stereocenters. The first kappa shape index (κ1) is 14.2. The summed E-state index contributed by atoms with van der Waals surface area (Å²) in [6, 6.07) is 13.8. The maximum Gasteiger partial charge on any atom is 0.249 e. The molecule has 0 spiro atoms. The predicted octanol–water partition coefficient (Wildman–Crippen LogP) is 4.15. The Balaban J connectivity index is 1.77. The number of aromatic nitrogens is 3. The Hall–Kier alpha value is -2.73. The van der Waals surface area contributed by atoms with Crippen molar-refractivity contribution in [2.75, 3.05) is 10.6 Å². The van der Waals surface area contributed by atoms with Crippen molar-refractivity contribution in [1.82, 2.24) is 15.2 Å². The first-order valence-corrected chi connectivity index (χ1v) is 6.82. The quantitative estimate of drug-likeness (QED) is 0.757. The maximum absolute atomic E-state index is 13.1. The van der Waals surface area contributed by atoms with Crippen LogP contribution in [0.2, 0.25) is 5.02 Å². The molecular formula is C15H11ClFN5. The van der Waals surface area contributed by atoms with Crippen LogP contribution in [0.15, 0.2) is 54.7 Å². The zero-order valence-electron chi connectivity index (χ0n) is 11.3. The highest BCUT2D eigenvalue weighted by Gasteiger charge is 2.04. The number of benzene rings is 2. The van der Waals surface area contributed by atoms with Gasteiger partial charge in [0.25, 0.3) is 0 Å². The summed E-state index contributed by atoms with van der Waals surface area (Å²) < 4.78 is 13.1. The number of nitrogens with zero attached hydrogens (tertiary/aromatic N) is 3. The molecule has 1 heterocycles. The molecule has 0 unspecified atom stereocenters. The van der Waals surface area contributed by atoms with E-state index >= 15 is 0 Å². The molecule has 110 valence electrons. The second-order valence-corrected chi connectivity index (χ2v) is 4.82. The highest BCUT2D eigenvalue weighted by molar-refractivity contribution is 6.31. The van der Waals surface area contributed by atoms with Gasteiger partial charge in [-0.15, -0.1) is 5.10 Å². The van der Waals surface area contributed by atoms with Crippen LogP contribution in [0, 0.1) is 5.82 Å². The standard InChI is InChI=1S/C15H11ClFN5/c16-12-8-11(6-7-13(12)17)19-14-9-18-22-15(21-14)20-10-4-2-1-3-5-10/h1-9H,(H2,19,20,21,22). The van der Waals surface area contributed by atoms with Gasteiger partial charge in [-0.25, -0.2) is 4.39 Å². The summed E-state index contributed by atoms with van der Waals surface area (Å²) in [7, 11) is 0. The summed E-state index contributed by atoms with van der Waals surface area (Å²) in [5.74, 6) is 0.347. The van der Waals surface area contributed by atoms with Gasteiger partial charge in [-0.1, -0.05) is 29.8 Å². The van der Waals surface area contributed by atoms with Gasteiger partial charge in [0.15, 0.2) is 5.82 Å². The van der Waals surface area contributed by atoms with Gasteiger partial charge in [0, 0.05) is 11.4 Å². The van der Waals surface area contributed by atoms with Gasteiger partial charge in [0.1, 0.15) is 5.82 Å². The molecule has 3 rings (SSSR count). The molecule has 22 heavy (non-hydrogen) atoms. The number of anilines is 4. The molecule has 3 aromatic rings. The molecule has 7 heteroatoms. The molecule has 2 N–H and O–H groups in total. The number of rotatable bonds is 4. The third-order valence-corrected chi connectivity index (χ3v) is 3.07. The SMILES string of the molecule is Fc1ccc(Nc2cnnc(Nc3ccccc3)n2)cc1Cl. The second-order valence-electron chi connectivity index (χ2n) is 4.41. The molecule has 0 saturated heterocycles. The summed E-state index contributed by atoms with van der Waals surface area (Å²) in [4.78, 5) is 4.28. The minimum atomic E-state index is -0.473. The number of nitrogens with one attached hydrogen (secondary N) is 2. The molecule has 1 aromatic heterocycles. The zero-order chi connectivity index (χ0) is 15.4. The van der Waals surface area contributed by atoms with Crippen molar-refractivity contribution in [3.05, 3.63) is 65.6 Å². The largest absolute Gasteiger partial charge is 0.339 e. The average molecular weight is 316 g/mol. The first-order valence-electron chi connectivity index (χ1n) is 6.44. The third-order valence-electron chi connectivity index (χ3n) is 2.78. The van der Waals surface area contributed by atoms with E-state index in [4.69, 9.17) is 11.6 Å². The van der Waals surface area contributed by atoms with Crippen LogP contribution in [0.4, 0.5) is 27.5 Å². The molecule has 2 aromatic carbocycles. The van der Waals surface area contributed by atoms with Crippen molar-refractivity contribution in [3.8, 4) is 0 Å². The van der Waals surface area contributed by atoms with E-state index in [0.717, 1.165) is 5.69 Å². The lowest BCUT2D eigenvalue weighted by Crippen LogP contribution is -2.02. The Morgan fingerprint density at radius 1 is 0.955 bits per heavy atom.